The maximum Gasteiger partial charge on any atom is 0.225 e. The second kappa shape index (κ2) is 8.85. The summed E-state index contributed by atoms with van der Waals surface area (Å²) in [5.41, 5.74) is 0.914. The first-order valence-electron chi connectivity index (χ1n) is 9.21. The molecule has 0 saturated carbocycles. The predicted octanol–water partition coefficient (Wildman–Crippen LogP) is 5.84. The minimum Gasteiger partial charge on any atom is -0.454 e. The Labute approximate surface area is 170 Å². The second-order valence-corrected chi connectivity index (χ2v) is 7.92. The van der Waals surface area contributed by atoms with E-state index >= 15 is 0 Å². The molecule has 0 radical (unpaired) electrons. The van der Waals surface area contributed by atoms with Crippen molar-refractivity contribution in [3.8, 4) is 11.5 Å². The molecule has 1 heterocycles. The van der Waals surface area contributed by atoms with Gasteiger partial charge in [-0.2, -0.15) is 0 Å². The minimum atomic E-state index is 0.0489. The number of para-hydroxylation sites is 2. The van der Waals surface area contributed by atoms with Crippen LogP contribution in [0.5, 0.6) is 11.5 Å². The van der Waals surface area contributed by atoms with Gasteiger partial charge in [-0.05, 0) is 43.2 Å². The molecule has 2 aromatic rings. The summed E-state index contributed by atoms with van der Waals surface area (Å²) >= 11 is 12.2. The molecule has 3 rings (SSSR count). The van der Waals surface area contributed by atoms with Gasteiger partial charge in [0.2, 0.25) is 5.91 Å². The molecule has 0 aromatic heterocycles. The van der Waals surface area contributed by atoms with Gasteiger partial charge in [0.1, 0.15) is 5.75 Å². The van der Waals surface area contributed by atoms with Crippen LogP contribution in [0.25, 0.3) is 0 Å². The Morgan fingerprint density at radius 2 is 1.81 bits per heavy atom. The van der Waals surface area contributed by atoms with Crippen LogP contribution in [0.3, 0.4) is 0 Å². The molecule has 1 aliphatic heterocycles. The zero-order valence-electron chi connectivity index (χ0n) is 15.5. The van der Waals surface area contributed by atoms with Crippen molar-refractivity contribution in [3.05, 3.63) is 52.5 Å². The summed E-state index contributed by atoms with van der Waals surface area (Å²) in [6.07, 6.45) is 1.82. The molecule has 0 bridgehead atoms. The summed E-state index contributed by atoms with van der Waals surface area (Å²) < 4.78 is 6.01. The second-order valence-electron chi connectivity index (χ2n) is 7.07. The zero-order chi connectivity index (χ0) is 19.4. The number of amides is 1. The molecule has 27 heavy (non-hydrogen) atoms. The molecule has 1 amide bonds. The number of benzene rings is 2. The molecule has 0 atom stereocenters. The molecule has 144 valence electrons. The van der Waals surface area contributed by atoms with Gasteiger partial charge in [0.25, 0.3) is 0 Å². The predicted molar refractivity (Wildman–Crippen MR) is 111 cm³/mol. The van der Waals surface area contributed by atoms with E-state index in [4.69, 9.17) is 27.9 Å². The molecule has 0 aliphatic carbocycles. The van der Waals surface area contributed by atoms with E-state index in [2.05, 4.69) is 5.32 Å². The highest BCUT2D eigenvalue weighted by Crippen LogP contribution is 2.35. The maximum absolute atomic E-state index is 12.1. The Morgan fingerprint density at radius 3 is 2.48 bits per heavy atom. The molecule has 1 saturated heterocycles. The lowest BCUT2D eigenvalue weighted by Crippen LogP contribution is -2.44. The van der Waals surface area contributed by atoms with Crippen molar-refractivity contribution in [2.24, 2.45) is 5.92 Å². The van der Waals surface area contributed by atoms with E-state index in [0.29, 0.717) is 27.6 Å². The van der Waals surface area contributed by atoms with Gasteiger partial charge in [-0.25, -0.2) is 0 Å². The Kier molecular flexibility index (Phi) is 6.51. The highest BCUT2D eigenvalue weighted by molar-refractivity contribution is 6.35. The molecular weight excluding hydrogens is 383 g/mol. The summed E-state index contributed by atoms with van der Waals surface area (Å²) in [6, 6.07) is 13.3. The quantitative estimate of drug-likeness (QED) is 0.677. The van der Waals surface area contributed by atoms with Crippen LogP contribution in [-0.4, -0.2) is 29.9 Å². The van der Waals surface area contributed by atoms with Crippen molar-refractivity contribution < 1.29 is 9.53 Å². The fraction of sp³-hybridized carbons (Fsp3) is 0.381. The normalized spacial score (nSPS) is 15.1. The fourth-order valence-electron chi connectivity index (χ4n) is 3.18. The Hall–Kier alpha value is -1.91. The number of carbonyl (C=O) groups excluding carboxylic acids is 1. The maximum atomic E-state index is 12.1. The molecule has 1 aliphatic rings. The Balaban J connectivity index is 1.66. The van der Waals surface area contributed by atoms with Gasteiger partial charge in [-0.3, -0.25) is 4.79 Å². The summed E-state index contributed by atoms with van der Waals surface area (Å²) in [4.78, 5) is 14.1. The number of carbonyl (C=O) groups is 1. The van der Waals surface area contributed by atoms with Crippen LogP contribution in [0.15, 0.2) is 42.5 Å². The lowest BCUT2D eigenvalue weighted by molar-refractivity contribution is -0.135. The van der Waals surface area contributed by atoms with Crippen molar-refractivity contribution in [2.75, 3.05) is 18.4 Å². The van der Waals surface area contributed by atoms with Crippen LogP contribution in [0.4, 0.5) is 5.69 Å². The van der Waals surface area contributed by atoms with Crippen molar-refractivity contribution in [1.29, 1.82) is 0 Å². The smallest absolute Gasteiger partial charge is 0.225 e. The highest BCUT2D eigenvalue weighted by atomic mass is 35.5. The van der Waals surface area contributed by atoms with E-state index in [9.17, 15) is 4.79 Å². The van der Waals surface area contributed by atoms with Gasteiger partial charge in [0.15, 0.2) is 5.75 Å². The SMILES string of the molecule is CC(C)C(=O)N1CCC(Nc2ccccc2Oc2ccc(Cl)cc2Cl)CC1. The van der Waals surface area contributed by atoms with Gasteiger partial charge in [0.05, 0.1) is 10.7 Å². The lowest BCUT2D eigenvalue weighted by Gasteiger charge is -2.34. The lowest BCUT2D eigenvalue weighted by atomic mass is 10.0. The largest absolute Gasteiger partial charge is 0.454 e. The summed E-state index contributed by atoms with van der Waals surface area (Å²) in [5, 5.41) is 4.60. The third-order valence-electron chi connectivity index (χ3n) is 4.66. The van der Waals surface area contributed by atoms with Crippen molar-refractivity contribution in [1.82, 2.24) is 4.90 Å². The average Bonchev–Trinajstić information content (AvgIpc) is 2.65. The van der Waals surface area contributed by atoms with E-state index in [1.807, 2.05) is 43.0 Å². The van der Waals surface area contributed by atoms with Crippen LogP contribution in [0, 0.1) is 5.92 Å². The Bertz CT molecular complexity index is 803. The number of ether oxygens (including phenoxy) is 1. The average molecular weight is 407 g/mol. The van der Waals surface area contributed by atoms with Crippen LogP contribution in [0.2, 0.25) is 10.0 Å². The van der Waals surface area contributed by atoms with Crippen LogP contribution >= 0.6 is 23.2 Å². The van der Waals surface area contributed by atoms with Gasteiger partial charge in [-0.1, -0.05) is 49.2 Å². The monoisotopic (exact) mass is 406 g/mol. The van der Waals surface area contributed by atoms with Crippen LogP contribution in [-0.2, 0) is 4.79 Å². The van der Waals surface area contributed by atoms with Crippen molar-refractivity contribution in [3.63, 3.8) is 0 Å². The summed E-state index contributed by atoms with van der Waals surface area (Å²) in [6.45, 7) is 5.45. The number of anilines is 1. The number of rotatable bonds is 5. The van der Waals surface area contributed by atoms with Gasteiger partial charge >= 0.3 is 0 Å². The molecule has 2 aromatic carbocycles. The molecule has 6 heteroatoms. The van der Waals surface area contributed by atoms with Gasteiger partial charge < -0.3 is 15.0 Å². The molecule has 0 spiro atoms. The fourth-order valence-corrected chi connectivity index (χ4v) is 3.63. The van der Waals surface area contributed by atoms with Gasteiger partial charge in [-0.15, -0.1) is 0 Å². The van der Waals surface area contributed by atoms with E-state index in [-0.39, 0.29) is 11.8 Å². The minimum absolute atomic E-state index is 0.0489. The third-order valence-corrected chi connectivity index (χ3v) is 5.19. The van der Waals surface area contributed by atoms with E-state index in [0.717, 1.165) is 31.6 Å². The third kappa shape index (κ3) is 5.08. The number of nitrogens with one attached hydrogen (secondary N) is 1. The van der Waals surface area contributed by atoms with Crippen LogP contribution < -0.4 is 10.1 Å². The number of hydrogen-bond acceptors (Lipinski definition) is 3. The summed E-state index contributed by atoms with van der Waals surface area (Å²) in [5.74, 6) is 1.55. The topological polar surface area (TPSA) is 41.6 Å². The molecule has 4 nitrogen and oxygen atoms in total. The van der Waals surface area contributed by atoms with Gasteiger partial charge in [0, 0.05) is 30.1 Å². The van der Waals surface area contributed by atoms with Crippen molar-refractivity contribution >= 4 is 34.8 Å². The molecular formula is C21H24Cl2N2O2. The van der Waals surface area contributed by atoms with Crippen LogP contribution in [0.1, 0.15) is 26.7 Å². The zero-order valence-corrected chi connectivity index (χ0v) is 17.1. The first kappa shape index (κ1) is 19.8. The molecule has 0 unspecified atom stereocenters. The molecule has 1 fully saturated rings. The first-order valence-corrected chi connectivity index (χ1v) is 9.97. The molecule has 1 N–H and O–H groups in total. The number of piperidine rings is 1. The number of likely N-dealkylation sites (tertiary alicyclic amines) is 1. The Morgan fingerprint density at radius 1 is 1.11 bits per heavy atom. The standard InChI is InChI=1S/C21H24Cl2N2O2/c1-14(2)21(26)25-11-9-16(10-12-25)24-18-5-3-4-6-20(18)27-19-8-7-15(22)13-17(19)23/h3-8,13-14,16,24H,9-12H2,1-2H3. The number of nitrogens with zero attached hydrogens (tertiary/aromatic N) is 1. The number of hydrogen-bond donors (Lipinski definition) is 1. The van der Waals surface area contributed by atoms with E-state index in [1.54, 1.807) is 18.2 Å². The number of halogens is 2. The first-order chi connectivity index (χ1) is 12.9. The summed E-state index contributed by atoms with van der Waals surface area (Å²) in [7, 11) is 0. The van der Waals surface area contributed by atoms with E-state index < -0.39 is 0 Å². The van der Waals surface area contributed by atoms with Crippen molar-refractivity contribution in [2.45, 2.75) is 32.7 Å². The van der Waals surface area contributed by atoms with E-state index in [1.165, 1.54) is 0 Å². The highest BCUT2D eigenvalue weighted by Gasteiger charge is 2.24.